The molecule has 0 amide bonds. The lowest BCUT2D eigenvalue weighted by atomic mass is 9.74. The summed E-state index contributed by atoms with van der Waals surface area (Å²) in [5.74, 6) is -6.21. The molecular weight excluding hydrogens is 897 g/mol. The van der Waals surface area contributed by atoms with Gasteiger partial charge in [0.1, 0.15) is 24.4 Å². The number of hydrogen-bond acceptors (Lipinski definition) is 24. The molecule has 0 radical (unpaired) electrons. The van der Waals surface area contributed by atoms with Gasteiger partial charge in [-0.25, -0.2) is 0 Å². The molecule has 9 fully saturated rings. The monoisotopic (exact) mass is 977 g/mol. The highest BCUT2D eigenvalue weighted by atomic mass is 16.8. The fourth-order valence-corrected chi connectivity index (χ4v) is 13.0. The molecule has 24 atom stereocenters. The minimum atomic E-state index is -1.33. The minimum Gasteiger partial charge on any atom is -0.394 e. The Labute approximate surface area is 398 Å². The highest BCUT2D eigenvalue weighted by Crippen LogP contribution is 2.48. The van der Waals surface area contributed by atoms with Crippen molar-refractivity contribution in [1.29, 1.82) is 0 Å². The number of ether oxygens (including phenoxy) is 12. The van der Waals surface area contributed by atoms with Crippen molar-refractivity contribution >= 4 is 0 Å². The molecule has 0 spiro atoms. The number of fused-ring (bicyclic) bond motifs is 20. The van der Waals surface area contributed by atoms with E-state index in [2.05, 4.69) is 42.5 Å². The lowest BCUT2D eigenvalue weighted by Gasteiger charge is -2.52. The van der Waals surface area contributed by atoms with Crippen molar-refractivity contribution in [1.82, 2.24) is 42.5 Å². The van der Waals surface area contributed by atoms with Crippen LogP contribution < -0.4 is 42.5 Å². The van der Waals surface area contributed by atoms with Crippen molar-refractivity contribution in [2.75, 3.05) is 81.3 Å². The first-order valence-electron chi connectivity index (χ1n) is 24.7. The smallest absolute Gasteiger partial charge is 0.220 e. The van der Waals surface area contributed by atoms with Crippen molar-refractivity contribution < 1.29 is 77.3 Å². The lowest BCUT2D eigenvalue weighted by Crippen LogP contribution is -2.69. The molecule has 20 unspecified atom stereocenters. The second-order valence-corrected chi connectivity index (χ2v) is 20.1. The maximum atomic E-state index is 10.0. The van der Waals surface area contributed by atoms with Gasteiger partial charge in [-0.05, 0) is 53.4 Å². The van der Waals surface area contributed by atoms with Crippen molar-refractivity contribution in [2.24, 2.45) is 23.7 Å². The molecule has 9 aliphatic rings. The number of methoxy groups -OCH3 is 4. The summed E-state index contributed by atoms with van der Waals surface area (Å²) in [5, 5.41) is 71.2. The first kappa shape index (κ1) is 51.9. The van der Waals surface area contributed by atoms with Crippen LogP contribution in [-0.4, -0.2) is 223 Å². The molecule has 7 saturated heterocycles. The van der Waals surface area contributed by atoms with Crippen molar-refractivity contribution in [3.8, 4) is 0 Å². The summed E-state index contributed by atoms with van der Waals surface area (Å²) in [6, 6.07) is 0. The van der Waals surface area contributed by atoms with Crippen LogP contribution >= 0.6 is 0 Å². The summed E-state index contributed by atoms with van der Waals surface area (Å²) < 4.78 is 78.2. The normalized spacial score (nSPS) is 52.1. The van der Waals surface area contributed by atoms with Crippen molar-refractivity contribution in [3.05, 3.63) is 0 Å². The van der Waals surface area contributed by atoms with Gasteiger partial charge in [-0.3, -0.25) is 42.5 Å². The Hall–Kier alpha value is -0.960. The third kappa shape index (κ3) is 9.12. The summed E-state index contributed by atoms with van der Waals surface area (Å²) in [6.07, 6.45) is -5.08. The Morgan fingerprint density at radius 2 is 0.544 bits per heavy atom. The Bertz CT molecular complexity index is 1450. The molecule has 2 saturated carbocycles. The van der Waals surface area contributed by atoms with Crippen LogP contribution in [0.3, 0.4) is 0 Å². The van der Waals surface area contributed by atoms with E-state index in [1.165, 1.54) is 0 Å². The van der Waals surface area contributed by atoms with E-state index in [-0.39, 0.29) is 101 Å². The summed E-state index contributed by atoms with van der Waals surface area (Å²) >= 11 is 0. The van der Waals surface area contributed by atoms with Gasteiger partial charge in [0.2, 0.25) is 23.1 Å². The third-order valence-electron chi connectivity index (χ3n) is 16.8. The van der Waals surface area contributed by atoms with E-state index in [0.717, 1.165) is 0 Å². The lowest BCUT2D eigenvalue weighted by molar-refractivity contribution is -0.446. The van der Waals surface area contributed by atoms with Crippen LogP contribution in [0.15, 0.2) is 0 Å². The first-order valence-corrected chi connectivity index (χ1v) is 24.7. The van der Waals surface area contributed by atoms with Gasteiger partial charge in [0, 0.05) is 52.1 Å². The number of rotatable bonds is 16. The average molecular weight is 977 g/mol. The maximum Gasteiger partial charge on any atom is 0.220 e. The summed E-state index contributed by atoms with van der Waals surface area (Å²) in [4.78, 5) is 0. The molecule has 9 rings (SSSR count). The molecule has 2 aliphatic carbocycles. The Morgan fingerprint density at radius 3 is 0.735 bits per heavy atom. The molecule has 0 aromatic rings. The van der Waals surface area contributed by atoms with Gasteiger partial charge in [0.25, 0.3) is 0 Å². The van der Waals surface area contributed by atoms with E-state index < -0.39 is 96.9 Å². The van der Waals surface area contributed by atoms with E-state index in [0.29, 0.717) is 25.7 Å². The summed E-state index contributed by atoms with van der Waals surface area (Å²) in [6.45, 7) is 7.31. The molecule has 24 nitrogen and oxygen atoms in total. The van der Waals surface area contributed by atoms with Crippen LogP contribution in [0.4, 0.5) is 0 Å². The fourth-order valence-electron chi connectivity index (χ4n) is 13.0. The predicted molar refractivity (Wildman–Crippen MR) is 236 cm³/mol. The molecule has 0 aromatic carbocycles. The molecule has 24 heteroatoms. The second kappa shape index (κ2) is 21.1. The minimum absolute atomic E-state index is 0.135. The van der Waals surface area contributed by atoms with E-state index in [4.69, 9.17) is 56.8 Å². The van der Waals surface area contributed by atoms with Crippen LogP contribution in [-0.2, 0) is 56.8 Å². The van der Waals surface area contributed by atoms with Crippen molar-refractivity contribution in [2.45, 2.75) is 175 Å². The number of aliphatic hydroxyl groups excluding tert-OH is 4. The topological polar surface area (TPSA) is 288 Å². The van der Waals surface area contributed by atoms with Crippen LogP contribution in [0, 0.1) is 23.7 Å². The highest BCUT2D eigenvalue weighted by Gasteiger charge is 2.67. The standard InChI is InChI=1S/C44H80N8O16/c1-41(57-5)42(2,58-6)66-30-29(65-41)37-47-33-25-21(61-17-13-53)9-10-22(62-18-14-54)26(25)35(45-33)49-39-31-32(68-44(4,60-8)43(3,59-7)67-31)40(52-39)50-36-28-24(64-20-16-56)12-11-23(63-19-15-55)27(28)34(46-36)48-38(30)51-37/h21-40,45-56H,9-20H2,1-8H3/t21?,22?,23?,24?,25?,26?,27?,28?,29?,30?,31?,32?,33?,34?,35?,36?,37?,38?,39?,40?,41-,42-,43-,44-/m1/s1. The molecule has 392 valence electrons. The van der Waals surface area contributed by atoms with E-state index in [9.17, 15) is 20.4 Å². The van der Waals surface area contributed by atoms with Gasteiger partial charge >= 0.3 is 0 Å². The Morgan fingerprint density at radius 1 is 0.353 bits per heavy atom. The van der Waals surface area contributed by atoms with Crippen LogP contribution in [0.2, 0.25) is 0 Å². The average Bonchev–Trinajstić information content (AvgIpc) is 4.07. The zero-order chi connectivity index (χ0) is 48.2. The number of nitrogens with one attached hydrogen (secondary N) is 8. The van der Waals surface area contributed by atoms with E-state index in [1.807, 2.05) is 0 Å². The quantitative estimate of drug-likeness (QED) is 0.0702. The van der Waals surface area contributed by atoms with Gasteiger partial charge in [0.05, 0.1) is 127 Å². The molecule has 12 N–H and O–H groups in total. The van der Waals surface area contributed by atoms with Crippen LogP contribution in [0.5, 0.6) is 0 Å². The molecule has 7 aliphatic heterocycles. The number of aliphatic hydroxyl groups is 4. The molecule has 8 bridgehead atoms. The predicted octanol–water partition coefficient (Wildman–Crippen LogP) is -4.04. The molecular formula is C44H80N8O16. The maximum absolute atomic E-state index is 10.0. The second-order valence-electron chi connectivity index (χ2n) is 20.1. The third-order valence-corrected chi connectivity index (χ3v) is 16.8. The largest absolute Gasteiger partial charge is 0.394 e. The molecule has 68 heavy (non-hydrogen) atoms. The molecule has 7 heterocycles. The SMILES string of the molecule is CO[C@]1(C)OC2C3NC(NC4NC(NC5NC(NC6NC(N3)C3C(OCCO)CCC(OCCO)C63)C3O[C@@](C)(OC)[C@](C)(OC)OC53)C3C(OCCO)CCC(OCCO)C43)C2O[C@@]1(C)OC. The fraction of sp³-hybridized carbons (Fsp3) is 1.00. The van der Waals surface area contributed by atoms with E-state index >= 15 is 0 Å². The van der Waals surface area contributed by atoms with E-state index in [1.54, 1.807) is 56.1 Å². The van der Waals surface area contributed by atoms with Crippen LogP contribution in [0.1, 0.15) is 53.4 Å². The van der Waals surface area contributed by atoms with Crippen molar-refractivity contribution in [3.63, 3.8) is 0 Å². The highest BCUT2D eigenvalue weighted by molar-refractivity contribution is 5.15. The van der Waals surface area contributed by atoms with Gasteiger partial charge in [0.15, 0.2) is 0 Å². The zero-order valence-electron chi connectivity index (χ0n) is 40.7. The number of hydrogen-bond donors (Lipinski definition) is 12. The van der Waals surface area contributed by atoms with Gasteiger partial charge < -0.3 is 77.3 Å². The van der Waals surface area contributed by atoms with Gasteiger partial charge in [-0.1, -0.05) is 0 Å². The Kier molecular flexibility index (Phi) is 16.1. The first-order chi connectivity index (χ1) is 32.7. The van der Waals surface area contributed by atoms with Crippen LogP contribution in [0.25, 0.3) is 0 Å². The van der Waals surface area contributed by atoms with Gasteiger partial charge in [-0.2, -0.15) is 0 Å². The summed E-state index contributed by atoms with van der Waals surface area (Å²) in [5.41, 5.74) is 0. The Balaban J connectivity index is 1.16. The summed E-state index contributed by atoms with van der Waals surface area (Å²) in [7, 11) is 6.27. The zero-order valence-corrected chi connectivity index (χ0v) is 40.7. The molecule has 0 aromatic heterocycles. The van der Waals surface area contributed by atoms with Gasteiger partial charge in [-0.15, -0.1) is 0 Å².